The Labute approximate surface area is 128 Å². The Morgan fingerprint density at radius 2 is 2.36 bits per heavy atom. The van der Waals surface area contributed by atoms with Gasteiger partial charge in [0.2, 0.25) is 5.82 Å². The summed E-state index contributed by atoms with van der Waals surface area (Å²) >= 11 is 0. The van der Waals surface area contributed by atoms with E-state index >= 15 is 0 Å². The average Bonchev–Trinajstić information content (AvgIpc) is 3.02. The van der Waals surface area contributed by atoms with E-state index in [1.807, 2.05) is 11.9 Å². The van der Waals surface area contributed by atoms with Crippen LogP contribution in [0, 0.1) is 10.1 Å². The Kier molecular flexibility index (Phi) is 4.92. The number of esters is 1. The third-order valence-electron chi connectivity index (χ3n) is 4.05. The summed E-state index contributed by atoms with van der Waals surface area (Å²) in [5, 5.41) is 11.3. The highest BCUT2D eigenvalue weighted by Gasteiger charge is 2.31. The average molecular weight is 308 g/mol. The van der Waals surface area contributed by atoms with Gasteiger partial charge in [-0.1, -0.05) is 6.92 Å². The topological polar surface area (TPSA) is 88.8 Å². The molecule has 1 atom stereocenters. The third kappa shape index (κ3) is 3.16. The number of methoxy groups -OCH3 is 1. The van der Waals surface area contributed by atoms with E-state index in [1.54, 1.807) is 0 Å². The molecule has 0 bridgehead atoms. The van der Waals surface area contributed by atoms with Gasteiger partial charge in [-0.3, -0.25) is 10.1 Å². The summed E-state index contributed by atoms with van der Waals surface area (Å²) in [6, 6.07) is 1.58. The van der Waals surface area contributed by atoms with Gasteiger partial charge >= 0.3 is 11.7 Å². The summed E-state index contributed by atoms with van der Waals surface area (Å²) in [4.78, 5) is 30.5. The molecular formula is C14H20N4O4. The second-order valence-electron chi connectivity index (χ2n) is 5.28. The number of nitrogens with zero attached hydrogens (tertiary/aromatic N) is 4. The van der Waals surface area contributed by atoms with E-state index in [4.69, 9.17) is 0 Å². The number of anilines is 1. The summed E-state index contributed by atoms with van der Waals surface area (Å²) in [5.41, 5.74) is -0.0814. The van der Waals surface area contributed by atoms with Crippen LogP contribution in [0.25, 0.3) is 0 Å². The zero-order valence-corrected chi connectivity index (χ0v) is 13.0. The van der Waals surface area contributed by atoms with E-state index in [0.717, 1.165) is 13.0 Å². The van der Waals surface area contributed by atoms with Crippen LogP contribution in [0.5, 0.6) is 0 Å². The van der Waals surface area contributed by atoms with Crippen molar-refractivity contribution >= 4 is 17.5 Å². The van der Waals surface area contributed by atoms with E-state index in [9.17, 15) is 14.9 Å². The third-order valence-corrected chi connectivity index (χ3v) is 4.05. The highest BCUT2D eigenvalue weighted by molar-refractivity contribution is 5.90. The lowest BCUT2D eigenvalue weighted by Gasteiger charge is -2.23. The lowest BCUT2D eigenvalue weighted by Crippen LogP contribution is -2.34. The second-order valence-corrected chi connectivity index (χ2v) is 5.28. The van der Waals surface area contributed by atoms with Gasteiger partial charge < -0.3 is 14.5 Å². The van der Waals surface area contributed by atoms with Crippen molar-refractivity contribution < 1.29 is 14.5 Å². The minimum absolute atomic E-state index is 0.0828. The molecule has 1 aliphatic rings. The first-order valence-electron chi connectivity index (χ1n) is 7.15. The van der Waals surface area contributed by atoms with Crippen molar-refractivity contribution in [1.82, 2.24) is 9.88 Å². The normalized spacial score (nSPS) is 17.8. The molecule has 0 aliphatic carbocycles. The Morgan fingerprint density at radius 3 is 2.95 bits per heavy atom. The van der Waals surface area contributed by atoms with E-state index in [-0.39, 0.29) is 11.3 Å². The number of nitro groups is 1. The molecule has 1 fully saturated rings. The maximum atomic E-state index is 11.5. The monoisotopic (exact) mass is 308 g/mol. The van der Waals surface area contributed by atoms with Gasteiger partial charge in [0.15, 0.2) is 0 Å². The Morgan fingerprint density at radius 1 is 1.64 bits per heavy atom. The quantitative estimate of drug-likeness (QED) is 0.460. The Balaban J connectivity index is 2.28. The molecular weight excluding hydrogens is 288 g/mol. The fourth-order valence-corrected chi connectivity index (χ4v) is 2.61. The molecule has 0 saturated carbocycles. The number of hydrogen-bond donors (Lipinski definition) is 0. The van der Waals surface area contributed by atoms with Crippen molar-refractivity contribution in [2.45, 2.75) is 19.4 Å². The lowest BCUT2D eigenvalue weighted by atomic mass is 10.2. The van der Waals surface area contributed by atoms with Crippen LogP contribution in [-0.2, 0) is 4.74 Å². The number of carbonyl (C=O) groups is 1. The summed E-state index contributed by atoms with van der Waals surface area (Å²) in [5.74, 6) is -0.322. The van der Waals surface area contributed by atoms with E-state index in [2.05, 4.69) is 21.5 Å². The van der Waals surface area contributed by atoms with Crippen molar-refractivity contribution in [3.63, 3.8) is 0 Å². The molecule has 0 radical (unpaired) electrons. The predicted octanol–water partition coefficient (Wildman–Crippen LogP) is 1.31. The highest BCUT2D eigenvalue weighted by atomic mass is 16.6. The summed E-state index contributed by atoms with van der Waals surface area (Å²) in [6.45, 7) is 4.40. The maximum absolute atomic E-state index is 11.5. The van der Waals surface area contributed by atoms with Gasteiger partial charge in [0.25, 0.3) is 0 Å². The van der Waals surface area contributed by atoms with Gasteiger partial charge in [-0.25, -0.2) is 9.78 Å². The van der Waals surface area contributed by atoms with Gasteiger partial charge in [0.05, 0.1) is 17.6 Å². The van der Waals surface area contributed by atoms with Crippen LogP contribution in [0.2, 0.25) is 0 Å². The number of pyridine rings is 1. The Bertz CT molecular complexity index is 578. The number of aromatic nitrogens is 1. The molecule has 22 heavy (non-hydrogen) atoms. The van der Waals surface area contributed by atoms with Gasteiger partial charge in [-0.15, -0.1) is 0 Å². The molecule has 1 aliphatic heterocycles. The predicted molar refractivity (Wildman–Crippen MR) is 81.2 cm³/mol. The standard InChI is InChI=1S/C14H20N4O4/c1-4-16(2)11-5-6-17(9-11)13-12(18(20)21)7-10(8-15-13)14(19)22-3/h7-8,11H,4-6,9H2,1-3H3. The molecule has 1 aromatic rings. The van der Waals surface area contributed by atoms with E-state index in [1.165, 1.54) is 19.4 Å². The molecule has 0 spiro atoms. The van der Waals surface area contributed by atoms with Crippen molar-refractivity contribution in [2.75, 3.05) is 38.7 Å². The minimum Gasteiger partial charge on any atom is -0.465 e. The van der Waals surface area contributed by atoms with Crippen LogP contribution >= 0.6 is 0 Å². The number of carbonyl (C=O) groups excluding carboxylic acids is 1. The van der Waals surface area contributed by atoms with Crippen LogP contribution in [0.3, 0.4) is 0 Å². The zero-order valence-electron chi connectivity index (χ0n) is 13.0. The summed E-state index contributed by atoms with van der Waals surface area (Å²) in [7, 11) is 3.27. The smallest absolute Gasteiger partial charge is 0.339 e. The molecule has 1 aromatic heterocycles. The number of rotatable bonds is 5. The zero-order chi connectivity index (χ0) is 16.3. The van der Waals surface area contributed by atoms with Crippen molar-refractivity contribution in [1.29, 1.82) is 0 Å². The minimum atomic E-state index is -0.632. The number of likely N-dealkylation sites (N-methyl/N-ethyl adjacent to an activating group) is 1. The molecule has 120 valence electrons. The molecule has 8 nitrogen and oxygen atoms in total. The van der Waals surface area contributed by atoms with Gasteiger partial charge in [-0.05, 0) is 20.0 Å². The second kappa shape index (κ2) is 6.69. The molecule has 8 heteroatoms. The van der Waals surface area contributed by atoms with Crippen molar-refractivity contribution in [3.8, 4) is 0 Å². The van der Waals surface area contributed by atoms with Crippen molar-refractivity contribution in [3.05, 3.63) is 27.9 Å². The Hall–Kier alpha value is -2.22. The molecule has 1 unspecified atom stereocenters. The first-order valence-corrected chi connectivity index (χ1v) is 7.15. The van der Waals surface area contributed by atoms with E-state index < -0.39 is 10.9 Å². The van der Waals surface area contributed by atoms with Gasteiger partial charge in [0.1, 0.15) is 0 Å². The fourth-order valence-electron chi connectivity index (χ4n) is 2.61. The number of ether oxygens (including phenoxy) is 1. The van der Waals surface area contributed by atoms with Crippen LogP contribution in [0.4, 0.5) is 11.5 Å². The molecule has 2 rings (SSSR count). The number of hydrogen-bond acceptors (Lipinski definition) is 7. The summed E-state index contributed by atoms with van der Waals surface area (Å²) in [6.07, 6.45) is 2.26. The maximum Gasteiger partial charge on any atom is 0.339 e. The molecule has 2 heterocycles. The molecule has 0 amide bonds. The van der Waals surface area contributed by atoms with Crippen molar-refractivity contribution in [2.24, 2.45) is 0 Å². The molecule has 1 saturated heterocycles. The summed E-state index contributed by atoms with van der Waals surface area (Å²) < 4.78 is 4.58. The molecule has 0 aromatic carbocycles. The fraction of sp³-hybridized carbons (Fsp3) is 0.571. The largest absolute Gasteiger partial charge is 0.465 e. The van der Waals surface area contributed by atoms with E-state index in [0.29, 0.717) is 24.9 Å². The first-order chi connectivity index (χ1) is 10.5. The van der Waals surface area contributed by atoms with Crippen LogP contribution in [0.15, 0.2) is 12.3 Å². The highest BCUT2D eigenvalue weighted by Crippen LogP contribution is 2.30. The lowest BCUT2D eigenvalue weighted by molar-refractivity contribution is -0.384. The SMILES string of the molecule is CCN(C)C1CCN(c2ncc(C(=O)OC)cc2[N+](=O)[O-])C1. The van der Waals surface area contributed by atoms with Crippen LogP contribution < -0.4 is 4.90 Å². The first kappa shape index (κ1) is 16.2. The van der Waals surface area contributed by atoms with Gasteiger partial charge in [0, 0.05) is 31.4 Å². The molecule has 0 N–H and O–H groups in total. The van der Waals surface area contributed by atoms with Gasteiger partial charge in [-0.2, -0.15) is 0 Å². The van der Waals surface area contributed by atoms with Crippen LogP contribution in [-0.4, -0.2) is 60.6 Å². The van der Waals surface area contributed by atoms with Crippen LogP contribution in [0.1, 0.15) is 23.7 Å².